The van der Waals surface area contributed by atoms with Gasteiger partial charge in [-0.15, -0.1) is 0 Å². The number of aromatic carboxylic acids is 1. The quantitative estimate of drug-likeness (QED) is 0.821. The van der Waals surface area contributed by atoms with Gasteiger partial charge in [0.25, 0.3) is 0 Å². The van der Waals surface area contributed by atoms with E-state index in [0.717, 1.165) is 31.0 Å². The number of carbonyl (C=O) groups excluding carboxylic acids is 1. The van der Waals surface area contributed by atoms with Crippen molar-refractivity contribution >= 4 is 17.6 Å². The fraction of sp³-hybridized carbons (Fsp3) is 0.286. The third-order valence-electron chi connectivity index (χ3n) is 3.05. The second-order valence-electron chi connectivity index (χ2n) is 4.52. The topological polar surface area (TPSA) is 66.4 Å². The van der Waals surface area contributed by atoms with Crippen LogP contribution >= 0.6 is 0 Å². The molecule has 0 saturated carbocycles. The van der Waals surface area contributed by atoms with Crippen LogP contribution in [0.4, 0.5) is 10.1 Å². The van der Waals surface area contributed by atoms with E-state index < -0.39 is 11.8 Å². The van der Waals surface area contributed by atoms with Gasteiger partial charge in [-0.3, -0.25) is 4.79 Å². The third kappa shape index (κ3) is 3.40. The van der Waals surface area contributed by atoms with Gasteiger partial charge in [0.2, 0.25) is 5.91 Å². The van der Waals surface area contributed by atoms with Crippen molar-refractivity contribution in [3.63, 3.8) is 0 Å². The van der Waals surface area contributed by atoms with Crippen LogP contribution in [0.25, 0.3) is 0 Å². The van der Waals surface area contributed by atoms with E-state index >= 15 is 0 Å². The van der Waals surface area contributed by atoms with E-state index in [0.29, 0.717) is 0 Å². The monoisotopic (exact) mass is 263 g/mol. The Kier molecular flexibility index (Phi) is 3.94. The van der Waals surface area contributed by atoms with E-state index in [1.54, 1.807) is 0 Å². The number of carboxylic acids is 1. The zero-order valence-corrected chi connectivity index (χ0v) is 10.2. The molecule has 1 aliphatic rings. The molecule has 0 heterocycles. The summed E-state index contributed by atoms with van der Waals surface area (Å²) >= 11 is 0. The number of amides is 1. The van der Waals surface area contributed by atoms with E-state index in [4.69, 9.17) is 5.11 Å². The smallest absolute Gasteiger partial charge is 0.335 e. The highest BCUT2D eigenvalue weighted by Gasteiger charge is 2.16. The summed E-state index contributed by atoms with van der Waals surface area (Å²) < 4.78 is 13.5. The average molecular weight is 263 g/mol. The minimum atomic E-state index is -1.16. The molecule has 1 aromatic rings. The van der Waals surface area contributed by atoms with Crippen LogP contribution < -0.4 is 5.32 Å². The normalized spacial score (nSPS) is 17.4. The van der Waals surface area contributed by atoms with Crippen molar-refractivity contribution in [1.29, 1.82) is 0 Å². The van der Waals surface area contributed by atoms with Gasteiger partial charge in [-0.25, -0.2) is 9.18 Å². The molecular formula is C14H14FNO3. The molecule has 2 N–H and O–H groups in total. The summed E-state index contributed by atoms with van der Waals surface area (Å²) in [5.41, 5.74) is -0.149. The van der Waals surface area contributed by atoms with Crippen molar-refractivity contribution in [1.82, 2.24) is 0 Å². The van der Waals surface area contributed by atoms with Gasteiger partial charge in [-0.1, -0.05) is 12.2 Å². The molecule has 1 aromatic carbocycles. The lowest BCUT2D eigenvalue weighted by molar-refractivity contribution is -0.116. The molecule has 5 heteroatoms. The number of hydrogen-bond acceptors (Lipinski definition) is 2. The second kappa shape index (κ2) is 5.65. The first kappa shape index (κ1) is 13.3. The lowest BCUT2D eigenvalue weighted by atomic mass is 10.0. The highest BCUT2D eigenvalue weighted by Crippen LogP contribution is 2.22. The first-order valence-corrected chi connectivity index (χ1v) is 6.05. The fourth-order valence-corrected chi connectivity index (χ4v) is 2.06. The van der Waals surface area contributed by atoms with Gasteiger partial charge in [0.05, 0.1) is 11.3 Å². The molecule has 0 aromatic heterocycles. The Hall–Kier alpha value is -2.17. The van der Waals surface area contributed by atoms with E-state index in [9.17, 15) is 14.0 Å². The Bertz CT molecular complexity index is 539. The van der Waals surface area contributed by atoms with Crippen molar-refractivity contribution < 1.29 is 19.1 Å². The second-order valence-corrected chi connectivity index (χ2v) is 4.52. The van der Waals surface area contributed by atoms with Gasteiger partial charge in [0.1, 0.15) is 5.82 Å². The standard InChI is InChI=1S/C14H14FNO3/c15-11-6-5-10(14(18)19)8-12(11)16-13(17)7-9-3-1-2-4-9/h1,3,5-6,8-9H,2,4,7H2,(H,16,17)(H,18,19)/t9-/m0/s1. The minimum Gasteiger partial charge on any atom is -0.478 e. The molecule has 0 spiro atoms. The average Bonchev–Trinajstić information content (AvgIpc) is 2.84. The van der Waals surface area contributed by atoms with Crippen LogP contribution in [-0.2, 0) is 4.79 Å². The van der Waals surface area contributed by atoms with Crippen molar-refractivity contribution in [2.75, 3.05) is 5.32 Å². The SMILES string of the molecule is O=C(C[C@H]1C=CCC1)Nc1cc(C(=O)O)ccc1F. The summed E-state index contributed by atoms with van der Waals surface area (Å²) in [6, 6.07) is 3.32. The summed E-state index contributed by atoms with van der Waals surface area (Å²) in [5.74, 6) is -1.92. The molecule has 0 unspecified atom stereocenters. The van der Waals surface area contributed by atoms with Gasteiger partial charge in [0, 0.05) is 6.42 Å². The molecular weight excluding hydrogens is 249 g/mol. The fourth-order valence-electron chi connectivity index (χ4n) is 2.06. The number of nitrogens with one attached hydrogen (secondary N) is 1. The van der Waals surface area contributed by atoms with Crippen molar-refractivity contribution in [2.24, 2.45) is 5.92 Å². The number of halogens is 1. The van der Waals surface area contributed by atoms with E-state index in [1.807, 2.05) is 12.2 Å². The molecule has 0 radical (unpaired) electrons. The molecule has 0 bridgehead atoms. The summed E-state index contributed by atoms with van der Waals surface area (Å²) in [4.78, 5) is 22.5. The van der Waals surface area contributed by atoms with Crippen LogP contribution in [0.5, 0.6) is 0 Å². The molecule has 0 fully saturated rings. The van der Waals surface area contributed by atoms with E-state index in [-0.39, 0.29) is 29.5 Å². The Morgan fingerprint density at radius 2 is 2.21 bits per heavy atom. The zero-order chi connectivity index (χ0) is 13.8. The minimum absolute atomic E-state index is 0.0579. The van der Waals surface area contributed by atoms with Gasteiger partial charge >= 0.3 is 5.97 Å². The molecule has 4 nitrogen and oxygen atoms in total. The summed E-state index contributed by atoms with van der Waals surface area (Å²) in [7, 11) is 0. The number of allylic oxidation sites excluding steroid dienone is 2. The van der Waals surface area contributed by atoms with Crippen LogP contribution in [0.2, 0.25) is 0 Å². The molecule has 1 atom stereocenters. The van der Waals surface area contributed by atoms with E-state index in [2.05, 4.69) is 5.32 Å². The number of benzene rings is 1. The van der Waals surface area contributed by atoms with Gasteiger partial charge in [-0.05, 0) is 37.0 Å². The molecule has 1 aliphatic carbocycles. The maximum absolute atomic E-state index is 13.5. The number of rotatable bonds is 4. The highest BCUT2D eigenvalue weighted by atomic mass is 19.1. The van der Waals surface area contributed by atoms with Crippen molar-refractivity contribution in [2.45, 2.75) is 19.3 Å². The number of anilines is 1. The molecule has 2 rings (SSSR count). The van der Waals surface area contributed by atoms with Crippen LogP contribution in [0, 0.1) is 11.7 Å². The molecule has 19 heavy (non-hydrogen) atoms. The Morgan fingerprint density at radius 3 is 2.84 bits per heavy atom. The zero-order valence-electron chi connectivity index (χ0n) is 10.2. The molecule has 0 saturated heterocycles. The predicted molar refractivity (Wildman–Crippen MR) is 68.5 cm³/mol. The summed E-state index contributed by atoms with van der Waals surface area (Å²) in [6.07, 6.45) is 6.16. The van der Waals surface area contributed by atoms with Gasteiger partial charge in [0.15, 0.2) is 0 Å². The maximum atomic E-state index is 13.5. The number of hydrogen-bond donors (Lipinski definition) is 2. The Balaban J connectivity index is 2.05. The van der Waals surface area contributed by atoms with Crippen LogP contribution in [-0.4, -0.2) is 17.0 Å². The Morgan fingerprint density at radius 1 is 1.42 bits per heavy atom. The summed E-state index contributed by atoms with van der Waals surface area (Å²) in [6.45, 7) is 0. The van der Waals surface area contributed by atoms with E-state index in [1.165, 1.54) is 0 Å². The predicted octanol–water partition coefficient (Wildman–Crippen LogP) is 2.82. The first-order chi connectivity index (χ1) is 9.06. The molecule has 0 aliphatic heterocycles. The van der Waals surface area contributed by atoms with Crippen LogP contribution in [0.15, 0.2) is 30.4 Å². The maximum Gasteiger partial charge on any atom is 0.335 e. The number of carboxylic acid groups (broad SMARTS) is 1. The van der Waals surface area contributed by atoms with Crippen molar-refractivity contribution in [3.05, 3.63) is 41.7 Å². The Labute approximate surface area is 109 Å². The van der Waals surface area contributed by atoms with Gasteiger partial charge < -0.3 is 10.4 Å². The van der Waals surface area contributed by atoms with Crippen LogP contribution in [0.1, 0.15) is 29.6 Å². The lowest BCUT2D eigenvalue weighted by Crippen LogP contribution is -2.16. The van der Waals surface area contributed by atoms with Crippen molar-refractivity contribution in [3.8, 4) is 0 Å². The first-order valence-electron chi connectivity index (χ1n) is 6.05. The summed E-state index contributed by atoms with van der Waals surface area (Å²) in [5, 5.41) is 11.2. The van der Waals surface area contributed by atoms with Crippen LogP contribution in [0.3, 0.4) is 0 Å². The third-order valence-corrected chi connectivity index (χ3v) is 3.05. The largest absolute Gasteiger partial charge is 0.478 e. The number of carbonyl (C=O) groups is 2. The lowest BCUT2D eigenvalue weighted by Gasteiger charge is -2.10. The molecule has 1 amide bonds. The highest BCUT2D eigenvalue weighted by molar-refractivity contribution is 5.94. The molecule has 100 valence electrons. The van der Waals surface area contributed by atoms with Gasteiger partial charge in [-0.2, -0.15) is 0 Å².